The summed E-state index contributed by atoms with van der Waals surface area (Å²) < 4.78 is 12.4. The first-order valence-corrected chi connectivity index (χ1v) is 7.92. The molecule has 0 aliphatic rings. The molecule has 1 aromatic heterocycles. The maximum Gasteiger partial charge on any atom is 0.176 e. The molecule has 0 N–H and O–H groups in total. The number of unbranched alkanes of at least 4 members (excludes halogenated alkanes) is 1. The number of halogens is 1. The second-order valence-corrected chi connectivity index (χ2v) is 5.25. The Hall–Kier alpha value is -1.62. The average Bonchev–Trinajstić information content (AvgIpc) is 2.51. The third-order valence-electron chi connectivity index (χ3n) is 2.91. The van der Waals surface area contributed by atoms with Crippen LogP contribution in [0.5, 0.6) is 11.5 Å². The van der Waals surface area contributed by atoms with Gasteiger partial charge in [-0.2, -0.15) is 0 Å². The van der Waals surface area contributed by atoms with Gasteiger partial charge >= 0.3 is 0 Å². The van der Waals surface area contributed by atoms with Crippen LogP contribution in [-0.2, 0) is 0 Å². The van der Waals surface area contributed by atoms with Gasteiger partial charge in [0.2, 0.25) is 0 Å². The SMILES string of the molecule is CCCCOc1c(OCC)ccc(-c2ncccn2)c1Br. The van der Waals surface area contributed by atoms with E-state index in [1.165, 1.54) is 0 Å². The van der Waals surface area contributed by atoms with Gasteiger partial charge in [0.1, 0.15) is 0 Å². The van der Waals surface area contributed by atoms with Crippen molar-refractivity contribution in [1.29, 1.82) is 0 Å². The van der Waals surface area contributed by atoms with Crippen molar-refractivity contribution in [2.45, 2.75) is 26.7 Å². The van der Waals surface area contributed by atoms with E-state index in [2.05, 4.69) is 32.8 Å². The summed E-state index contributed by atoms with van der Waals surface area (Å²) in [4.78, 5) is 8.57. The van der Waals surface area contributed by atoms with Crippen molar-refractivity contribution >= 4 is 15.9 Å². The Balaban J connectivity index is 2.38. The summed E-state index contributed by atoms with van der Waals surface area (Å²) in [6.07, 6.45) is 5.54. The smallest absolute Gasteiger partial charge is 0.176 e. The highest BCUT2D eigenvalue weighted by molar-refractivity contribution is 9.10. The molecule has 4 nitrogen and oxygen atoms in total. The molecule has 0 spiro atoms. The van der Waals surface area contributed by atoms with E-state index in [0.29, 0.717) is 19.0 Å². The van der Waals surface area contributed by atoms with Crippen LogP contribution in [0.2, 0.25) is 0 Å². The number of rotatable bonds is 7. The van der Waals surface area contributed by atoms with Crippen molar-refractivity contribution in [2.75, 3.05) is 13.2 Å². The molecule has 0 saturated heterocycles. The summed E-state index contributed by atoms with van der Waals surface area (Å²) in [5, 5.41) is 0. The monoisotopic (exact) mass is 350 g/mol. The lowest BCUT2D eigenvalue weighted by molar-refractivity contribution is 0.271. The van der Waals surface area contributed by atoms with Gasteiger partial charge in [-0.05, 0) is 47.5 Å². The first kappa shape index (κ1) is 15.8. The number of aromatic nitrogens is 2. The van der Waals surface area contributed by atoms with Crippen LogP contribution in [0.25, 0.3) is 11.4 Å². The molecule has 21 heavy (non-hydrogen) atoms. The third kappa shape index (κ3) is 3.94. The first-order valence-electron chi connectivity index (χ1n) is 7.13. The molecule has 0 unspecified atom stereocenters. The maximum atomic E-state index is 5.90. The normalized spacial score (nSPS) is 10.4. The zero-order chi connectivity index (χ0) is 15.1. The Labute approximate surface area is 133 Å². The minimum absolute atomic E-state index is 0.595. The van der Waals surface area contributed by atoms with Crippen molar-refractivity contribution in [3.05, 3.63) is 35.1 Å². The van der Waals surface area contributed by atoms with Crippen molar-refractivity contribution in [2.24, 2.45) is 0 Å². The zero-order valence-electron chi connectivity index (χ0n) is 12.3. The molecule has 0 aliphatic carbocycles. The van der Waals surface area contributed by atoms with Crippen molar-refractivity contribution in [1.82, 2.24) is 9.97 Å². The van der Waals surface area contributed by atoms with E-state index in [-0.39, 0.29) is 0 Å². The lowest BCUT2D eigenvalue weighted by atomic mass is 10.2. The molecule has 0 saturated carbocycles. The van der Waals surface area contributed by atoms with E-state index in [4.69, 9.17) is 9.47 Å². The van der Waals surface area contributed by atoms with Gasteiger partial charge in [0, 0.05) is 18.0 Å². The van der Waals surface area contributed by atoms with Crippen LogP contribution in [0, 0.1) is 0 Å². The highest BCUT2D eigenvalue weighted by Crippen LogP contribution is 2.41. The Kier molecular flexibility index (Phi) is 5.99. The predicted octanol–water partition coefficient (Wildman–Crippen LogP) is 4.48. The van der Waals surface area contributed by atoms with E-state index in [9.17, 15) is 0 Å². The Morgan fingerprint density at radius 3 is 2.52 bits per heavy atom. The van der Waals surface area contributed by atoms with Crippen LogP contribution in [-0.4, -0.2) is 23.2 Å². The van der Waals surface area contributed by atoms with Gasteiger partial charge in [-0.3, -0.25) is 0 Å². The molecule has 0 atom stereocenters. The standard InChI is InChI=1S/C16H19BrN2O2/c1-3-5-11-21-15-13(20-4-2)8-7-12(14(15)17)16-18-9-6-10-19-16/h6-10H,3-5,11H2,1-2H3. The van der Waals surface area contributed by atoms with Crippen molar-refractivity contribution in [3.8, 4) is 22.9 Å². The van der Waals surface area contributed by atoms with Crippen LogP contribution < -0.4 is 9.47 Å². The first-order chi connectivity index (χ1) is 10.3. The molecule has 1 aromatic carbocycles. The summed E-state index contributed by atoms with van der Waals surface area (Å²) in [7, 11) is 0. The van der Waals surface area contributed by atoms with Gasteiger partial charge < -0.3 is 9.47 Å². The minimum Gasteiger partial charge on any atom is -0.490 e. The molecule has 0 fully saturated rings. The summed E-state index contributed by atoms with van der Waals surface area (Å²) >= 11 is 3.61. The van der Waals surface area contributed by atoms with Gasteiger partial charge in [-0.15, -0.1) is 0 Å². The fourth-order valence-corrected chi connectivity index (χ4v) is 2.49. The average molecular weight is 351 g/mol. The van der Waals surface area contributed by atoms with E-state index < -0.39 is 0 Å². The zero-order valence-corrected chi connectivity index (χ0v) is 13.9. The van der Waals surface area contributed by atoms with Crippen molar-refractivity contribution in [3.63, 3.8) is 0 Å². The molecule has 5 heteroatoms. The molecule has 0 bridgehead atoms. The van der Waals surface area contributed by atoms with Crippen LogP contribution in [0.1, 0.15) is 26.7 Å². The molecular weight excluding hydrogens is 332 g/mol. The second kappa shape index (κ2) is 7.98. The number of nitrogens with zero attached hydrogens (tertiary/aromatic N) is 2. The Bertz CT molecular complexity index is 576. The third-order valence-corrected chi connectivity index (χ3v) is 3.70. The predicted molar refractivity (Wildman–Crippen MR) is 86.7 cm³/mol. The summed E-state index contributed by atoms with van der Waals surface area (Å²) in [6, 6.07) is 5.64. The molecule has 0 amide bonds. The van der Waals surface area contributed by atoms with Crippen molar-refractivity contribution < 1.29 is 9.47 Å². The van der Waals surface area contributed by atoms with Crippen LogP contribution in [0.4, 0.5) is 0 Å². The van der Waals surface area contributed by atoms with Crippen LogP contribution >= 0.6 is 15.9 Å². The lowest BCUT2D eigenvalue weighted by Crippen LogP contribution is -2.02. The van der Waals surface area contributed by atoms with Gasteiger partial charge in [0.25, 0.3) is 0 Å². The highest BCUT2D eigenvalue weighted by atomic mass is 79.9. The molecule has 0 radical (unpaired) electrons. The Morgan fingerprint density at radius 1 is 1.10 bits per heavy atom. The fraction of sp³-hybridized carbons (Fsp3) is 0.375. The lowest BCUT2D eigenvalue weighted by Gasteiger charge is -2.15. The van der Waals surface area contributed by atoms with Crippen LogP contribution in [0.3, 0.4) is 0 Å². The second-order valence-electron chi connectivity index (χ2n) is 4.46. The maximum absolute atomic E-state index is 5.90. The summed E-state index contributed by atoms with van der Waals surface area (Å²) in [5.74, 6) is 2.11. The molecule has 2 aromatic rings. The fourth-order valence-electron chi connectivity index (χ4n) is 1.87. The van der Waals surface area contributed by atoms with Gasteiger partial charge in [-0.25, -0.2) is 9.97 Å². The Morgan fingerprint density at radius 2 is 1.86 bits per heavy atom. The highest BCUT2D eigenvalue weighted by Gasteiger charge is 2.16. The van der Waals surface area contributed by atoms with Gasteiger partial charge in [0.05, 0.1) is 17.7 Å². The molecule has 2 rings (SSSR count). The number of hydrogen-bond acceptors (Lipinski definition) is 4. The molecule has 112 valence electrons. The van der Waals surface area contributed by atoms with E-state index >= 15 is 0 Å². The summed E-state index contributed by atoms with van der Waals surface area (Å²) in [6.45, 7) is 5.35. The summed E-state index contributed by atoms with van der Waals surface area (Å²) in [5.41, 5.74) is 0.894. The van der Waals surface area contributed by atoms with Gasteiger partial charge in [-0.1, -0.05) is 13.3 Å². The minimum atomic E-state index is 0.595. The quantitative estimate of drug-likeness (QED) is 0.690. The van der Waals surface area contributed by atoms with Gasteiger partial charge in [0.15, 0.2) is 17.3 Å². The van der Waals surface area contributed by atoms with E-state index in [1.54, 1.807) is 18.5 Å². The largest absolute Gasteiger partial charge is 0.490 e. The van der Waals surface area contributed by atoms with Crippen LogP contribution in [0.15, 0.2) is 35.1 Å². The number of benzene rings is 1. The van der Waals surface area contributed by atoms with E-state index in [1.807, 2.05) is 19.1 Å². The molecular formula is C16H19BrN2O2. The molecule has 0 aliphatic heterocycles. The topological polar surface area (TPSA) is 44.2 Å². The number of ether oxygens (including phenoxy) is 2. The molecule has 1 heterocycles. The van der Waals surface area contributed by atoms with E-state index in [0.717, 1.165) is 34.4 Å². The number of hydrogen-bond donors (Lipinski definition) is 0.